The number of anilines is 2. The van der Waals surface area contributed by atoms with Gasteiger partial charge in [0.25, 0.3) is 11.8 Å². The summed E-state index contributed by atoms with van der Waals surface area (Å²) in [6, 6.07) is 15.8. The Morgan fingerprint density at radius 1 is 0.960 bits per heavy atom. The number of thiophene rings is 1. The van der Waals surface area contributed by atoms with Gasteiger partial charge in [0.2, 0.25) is 0 Å². The van der Waals surface area contributed by atoms with Crippen molar-refractivity contribution in [1.82, 2.24) is 0 Å². The summed E-state index contributed by atoms with van der Waals surface area (Å²) in [5.74, 6) is -0.526. The quantitative estimate of drug-likeness (QED) is 0.661. The lowest BCUT2D eigenvalue weighted by Gasteiger charge is -2.10. The van der Waals surface area contributed by atoms with Gasteiger partial charge in [0.15, 0.2) is 0 Å². The average Bonchev–Trinajstić information content (AvgIpc) is 3.11. The van der Waals surface area contributed by atoms with Gasteiger partial charge in [0.1, 0.15) is 0 Å². The van der Waals surface area contributed by atoms with Crippen LogP contribution in [0.25, 0.3) is 0 Å². The van der Waals surface area contributed by atoms with Gasteiger partial charge in [-0.1, -0.05) is 29.8 Å². The molecule has 4 nitrogen and oxygen atoms in total. The highest BCUT2D eigenvalue weighted by molar-refractivity contribution is 7.12. The summed E-state index contributed by atoms with van der Waals surface area (Å²) in [5.41, 5.74) is 2.58. The van der Waals surface area contributed by atoms with Crippen LogP contribution < -0.4 is 10.6 Å². The van der Waals surface area contributed by atoms with E-state index >= 15 is 0 Å². The van der Waals surface area contributed by atoms with E-state index in [2.05, 4.69) is 10.6 Å². The van der Waals surface area contributed by atoms with Crippen molar-refractivity contribution in [1.29, 1.82) is 0 Å². The van der Waals surface area contributed by atoms with Crippen LogP contribution in [0.5, 0.6) is 0 Å². The van der Waals surface area contributed by atoms with Gasteiger partial charge in [-0.2, -0.15) is 0 Å². The van der Waals surface area contributed by atoms with Crippen LogP contribution in [0.2, 0.25) is 5.02 Å². The Bertz CT molecular complexity index is 923. The van der Waals surface area contributed by atoms with E-state index in [4.69, 9.17) is 11.6 Å². The van der Waals surface area contributed by atoms with Crippen molar-refractivity contribution in [2.75, 3.05) is 10.6 Å². The maximum absolute atomic E-state index is 12.4. The molecule has 0 spiro atoms. The Kier molecular flexibility index (Phi) is 5.16. The number of rotatable bonds is 4. The zero-order valence-electron chi connectivity index (χ0n) is 13.4. The van der Waals surface area contributed by atoms with Crippen LogP contribution in [0.15, 0.2) is 60.0 Å². The first-order chi connectivity index (χ1) is 12.0. The molecular formula is C19H15ClN2O2S. The van der Waals surface area contributed by atoms with E-state index < -0.39 is 0 Å². The Morgan fingerprint density at radius 2 is 1.80 bits per heavy atom. The van der Waals surface area contributed by atoms with E-state index in [1.807, 2.05) is 36.6 Å². The number of nitrogens with one attached hydrogen (secondary N) is 2. The minimum absolute atomic E-state index is 0.256. The second-order valence-electron chi connectivity index (χ2n) is 5.45. The molecule has 1 heterocycles. The fraction of sp³-hybridized carbons (Fsp3) is 0.0526. The molecule has 0 fully saturated rings. The van der Waals surface area contributed by atoms with Crippen LogP contribution in [-0.4, -0.2) is 11.8 Å². The molecule has 25 heavy (non-hydrogen) atoms. The van der Waals surface area contributed by atoms with Crippen molar-refractivity contribution in [3.8, 4) is 0 Å². The van der Waals surface area contributed by atoms with Crippen LogP contribution in [-0.2, 0) is 0 Å². The van der Waals surface area contributed by atoms with Crippen molar-refractivity contribution in [2.24, 2.45) is 0 Å². The molecule has 6 heteroatoms. The van der Waals surface area contributed by atoms with E-state index in [9.17, 15) is 9.59 Å². The number of carbonyl (C=O) groups excluding carboxylic acids is 2. The molecule has 0 radical (unpaired) electrons. The van der Waals surface area contributed by atoms with Crippen LogP contribution in [0.3, 0.4) is 0 Å². The maximum Gasteiger partial charge on any atom is 0.265 e. The molecule has 0 aliphatic rings. The Hall–Kier alpha value is -2.63. The molecule has 2 N–H and O–H groups in total. The van der Waals surface area contributed by atoms with Gasteiger partial charge in [-0.05, 0) is 54.3 Å². The standard InChI is InChI=1S/C19H15ClN2O2S/c1-12-4-2-5-14(10-12)21-18(23)13-7-8-15(20)16(11-13)22-19(24)17-6-3-9-25-17/h2-11H,1H3,(H,21,23)(H,22,24). The summed E-state index contributed by atoms with van der Waals surface area (Å²) < 4.78 is 0. The van der Waals surface area contributed by atoms with Gasteiger partial charge < -0.3 is 10.6 Å². The normalized spacial score (nSPS) is 10.3. The highest BCUT2D eigenvalue weighted by atomic mass is 35.5. The average molecular weight is 371 g/mol. The zero-order valence-corrected chi connectivity index (χ0v) is 14.9. The zero-order chi connectivity index (χ0) is 17.8. The number of amides is 2. The van der Waals surface area contributed by atoms with E-state index in [1.165, 1.54) is 11.3 Å². The van der Waals surface area contributed by atoms with Crippen LogP contribution in [0.4, 0.5) is 11.4 Å². The highest BCUT2D eigenvalue weighted by Crippen LogP contribution is 2.25. The fourth-order valence-corrected chi connectivity index (χ4v) is 3.06. The summed E-state index contributed by atoms with van der Waals surface area (Å²) >= 11 is 7.48. The molecule has 0 atom stereocenters. The summed E-state index contributed by atoms with van der Waals surface area (Å²) in [6.07, 6.45) is 0. The Labute approximate surface area is 154 Å². The van der Waals surface area contributed by atoms with E-state index in [0.29, 0.717) is 26.8 Å². The summed E-state index contributed by atoms with van der Waals surface area (Å²) in [7, 11) is 0. The molecule has 0 bridgehead atoms. The SMILES string of the molecule is Cc1cccc(NC(=O)c2ccc(Cl)c(NC(=O)c3cccs3)c2)c1. The Balaban J connectivity index is 1.78. The molecular weight excluding hydrogens is 356 g/mol. The summed E-state index contributed by atoms with van der Waals surface area (Å²) in [4.78, 5) is 25.2. The van der Waals surface area contributed by atoms with Crippen LogP contribution in [0.1, 0.15) is 25.6 Å². The monoisotopic (exact) mass is 370 g/mol. The minimum Gasteiger partial charge on any atom is -0.322 e. The first-order valence-corrected chi connectivity index (χ1v) is 8.81. The molecule has 0 aliphatic heterocycles. The third-order valence-electron chi connectivity index (χ3n) is 3.50. The number of hydrogen-bond acceptors (Lipinski definition) is 3. The van der Waals surface area contributed by atoms with Gasteiger partial charge in [-0.25, -0.2) is 0 Å². The number of benzene rings is 2. The van der Waals surface area contributed by atoms with Crippen LogP contribution >= 0.6 is 22.9 Å². The first-order valence-electron chi connectivity index (χ1n) is 7.55. The van der Waals surface area contributed by atoms with Crippen molar-refractivity contribution in [3.05, 3.63) is 81.0 Å². The molecule has 0 saturated heterocycles. The Morgan fingerprint density at radius 3 is 2.52 bits per heavy atom. The first kappa shape index (κ1) is 17.2. The maximum atomic E-state index is 12.4. The highest BCUT2D eigenvalue weighted by Gasteiger charge is 2.13. The molecule has 2 aromatic carbocycles. The van der Waals surface area contributed by atoms with Crippen molar-refractivity contribution in [2.45, 2.75) is 6.92 Å². The summed E-state index contributed by atoms with van der Waals surface area (Å²) in [6.45, 7) is 1.95. The number of carbonyl (C=O) groups is 2. The lowest BCUT2D eigenvalue weighted by Crippen LogP contribution is -2.14. The number of halogens is 1. The van der Waals surface area contributed by atoms with Gasteiger partial charge in [0.05, 0.1) is 15.6 Å². The van der Waals surface area contributed by atoms with Crippen molar-refractivity contribution in [3.63, 3.8) is 0 Å². The molecule has 0 saturated carbocycles. The predicted octanol–water partition coefficient (Wildman–Crippen LogP) is 5.21. The third-order valence-corrected chi connectivity index (χ3v) is 4.70. The van der Waals surface area contributed by atoms with Crippen molar-refractivity contribution >= 4 is 46.1 Å². The van der Waals surface area contributed by atoms with Crippen molar-refractivity contribution < 1.29 is 9.59 Å². The molecule has 1 aromatic heterocycles. The summed E-state index contributed by atoms with van der Waals surface area (Å²) in [5, 5.41) is 7.77. The lowest BCUT2D eigenvalue weighted by atomic mass is 10.1. The third kappa shape index (κ3) is 4.26. The van der Waals surface area contributed by atoms with E-state index in [1.54, 1.807) is 30.3 Å². The molecule has 3 rings (SSSR count). The van der Waals surface area contributed by atoms with Gasteiger partial charge >= 0.3 is 0 Å². The fourth-order valence-electron chi connectivity index (χ4n) is 2.28. The lowest BCUT2D eigenvalue weighted by molar-refractivity contribution is 0.101. The molecule has 0 unspecified atom stereocenters. The van der Waals surface area contributed by atoms with Gasteiger partial charge in [-0.3, -0.25) is 9.59 Å². The molecule has 126 valence electrons. The molecule has 3 aromatic rings. The van der Waals surface area contributed by atoms with E-state index in [0.717, 1.165) is 5.56 Å². The largest absolute Gasteiger partial charge is 0.322 e. The number of hydrogen-bond donors (Lipinski definition) is 2. The smallest absolute Gasteiger partial charge is 0.265 e. The van der Waals surface area contributed by atoms with E-state index in [-0.39, 0.29) is 11.8 Å². The second-order valence-corrected chi connectivity index (χ2v) is 6.80. The molecule has 2 amide bonds. The number of aryl methyl sites for hydroxylation is 1. The predicted molar refractivity (Wildman–Crippen MR) is 103 cm³/mol. The van der Waals surface area contributed by atoms with Crippen LogP contribution in [0, 0.1) is 6.92 Å². The minimum atomic E-state index is -0.270. The van der Waals surface area contributed by atoms with Gasteiger partial charge in [0, 0.05) is 11.3 Å². The second kappa shape index (κ2) is 7.51. The topological polar surface area (TPSA) is 58.2 Å². The molecule has 0 aliphatic carbocycles. The van der Waals surface area contributed by atoms with Gasteiger partial charge in [-0.15, -0.1) is 11.3 Å².